The summed E-state index contributed by atoms with van der Waals surface area (Å²) in [6.07, 6.45) is 2.53. The molecule has 0 fully saturated rings. The van der Waals surface area contributed by atoms with Crippen LogP contribution in [0.3, 0.4) is 0 Å². The molecule has 7 heteroatoms. The lowest BCUT2D eigenvalue weighted by atomic mass is 9.97. The molecule has 0 spiro atoms. The van der Waals surface area contributed by atoms with Crippen LogP contribution in [0.25, 0.3) is 0 Å². The van der Waals surface area contributed by atoms with Crippen LogP contribution in [0, 0.1) is 11.8 Å². The van der Waals surface area contributed by atoms with E-state index in [0.717, 1.165) is 0 Å². The van der Waals surface area contributed by atoms with E-state index in [-0.39, 0.29) is 55.1 Å². The number of carbonyl (C=O) groups is 5. The molecule has 0 aromatic rings. The second-order valence-corrected chi connectivity index (χ2v) is 6.14. The molecule has 0 saturated carbocycles. The summed E-state index contributed by atoms with van der Waals surface area (Å²) in [5.41, 5.74) is 0. The lowest BCUT2D eigenvalue weighted by Crippen LogP contribution is -2.22. The largest absolute Gasteiger partial charge is 0.466 e. The van der Waals surface area contributed by atoms with Crippen LogP contribution in [-0.2, 0) is 33.4 Å². The van der Waals surface area contributed by atoms with Gasteiger partial charge in [-0.05, 0) is 41.0 Å². The zero-order chi connectivity index (χ0) is 21.4. The Balaban J connectivity index is 0. The van der Waals surface area contributed by atoms with Gasteiger partial charge in [-0.1, -0.05) is 6.08 Å². The Morgan fingerprint density at radius 1 is 0.741 bits per heavy atom. The van der Waals surface area contributed by atoms with E-state index in [0.29, 0.717) is 13.0 Å². The maximum Gasteiger partial charge on any atom is 0.309 e. The zero-order valence-electron chi connectivity index (χ0n) is 17.0. The Bertz CT molecular complexity index is 506. The third kappa shape index (κ3) is 15.6. The molecular weight excluding hydrogens is 352 g/mol. The summed E-state index contributed by atoms with van der Waals surface area (Å²) in [6, 6.07) is 0. The van der Waals surface area contributed by atoms with Gasteiger partial charge in [-0.2, -0.15) is 0 Å². The molecule has 0 radical (unpaired) electrons. The zero-order valence-corrected chi connectivity index (χ0v) is 17.0. The normalized spacial score (nSPS) is 10.9. The van der Waals surface area contributed by atoms with Crippen molar-refractivity contribution in [2.75, 3.05) is 13.2 Å². The van der Waals surface area contributed by atoms with E-state index in [9.17, 15) is 24.0 Å². The Hall–Kier alpha value is -2.31. The van der Waals surface area contributed by atoms with Gasteiger partial charge < -0.3 is 23.9 Å². The first kappa shape index (κ1) is 26.9. The van der Waals surface area contributed by atoms with Gasteiger partial charge in [0, 0.05) is 19.3 Å². The van der Waals surface area contributed by atoms with Gasteiger partial charge >= 0.3 is 11.9 Å². The summed E-state index contributed by atoms with van der Waals surface area (Å²) in [6.45, 7) is 11.8. The van der Waals surface area contributed by atoms with Gasteiger partial charge in [0.15, 0.2) is 0 Å². The lowest BCUT2D eigenvalue weighted by Gasteiger charge is -2.11. The van der Waals surface area contributed by atoms with Crippen molar-refractivity contribution in [3.63, 3.8) is 0 Å². The molecule has 154 valence electrons. The fourth-order valence-corrected chi connectivity index (χ4v) is 2.26. The van der Waals surface area contributed by atoms with Crippen molar-refractivity contribution in [3.8, 4) is 0 Å². The summed E-state index contributed by atoms with van der Waals surface area (Å²) in [5, 5.41) is 0. The maximum absolute atomic E-state index is 11.3. The van der Waals surface area contributed by atoms with E-state index < -0.39 is 11.9 Å². The molecule has 0 aromatic carbocycles. The van der Waals surface area contributed by atoms with Gasteiger partial charge in [0.1, 0.15) is 17.3 Å². The highest BCUT2D eigenvalue weighted by atomic mass is 16.5. The van der Waals surface area contributed by atoms with Crippen LogP contribution in [-0.4, -0.2) is 42.5 Å². The molecule has 7 nitrogen and oxygen atoms in total. The molecular formula is C20H32O7. The van der Waals surface area contributed by atoms with Gasteiger partial charge in [0.05, 0.1) is 25.0 Å². The molecule has 0 amide bonds. The first-order valence-electron chi connectivity index (χ1n) is 9.01. The molecule has 1 atom stereocenters. The van der Waals surface area contributed by atoms with Crippen molar-refractivity contribution >= 4 is 29.3 Å². The predicted octanol–water partition coefficient (Wildman–Crippen LogP) is 2.84. The number of hydrogen-bond acceptors (Lipinski definition) is 7. The monoisotopic (exact) mass is 384 g/mol. The number of rotatable bonds is 12. The van der Waals surface area contributed by atoms with E-state index in [4.69, 9.17) is 9.47 Å². The quantitative estimate of drug-likeness (QED) is 0.376. The number of ketones is 3. The minimum absolute atomic E-state index is 0.0000898. The van der Waals surface area contributed by atoms with E-state index >= 15 is 0 Å². The van der Waals surface area contributed by atoms with Crippen LogP contribution in [0.4, 0.5) is 0 Å². The third-order valence-electron chi connectivity index (χ3n) is 3.29. The van der Waals surface area contributed by atoms with Crippen molar-refractivity contribution in [2.45, 2.75) is 60.3 Å². The minimum atomic E-state index is -0.607. The first-order valence-corrected chi connectivity index (χ1v) is 9.01. The molecule has 0 aliphatic carbocycles. The lowest BCUT2D eigenvalue weighted by molar-refractivity contribution is -0.151. The van der Waals surface area contributed by atoms with Crippen LogP contribution in [0.1, 0.15) is 60.3 Å². The Morgan fingerprint density at radius 2 is 1.07 bits per heavy atom. The molecule has 0 aliphatic rings. The van der Waals surface area contributed by atoms with E-state index in [1.54, 1.807) is 19.9 Å². The van der Waals surface area contributed by atoms with Crippen molar-refractivity contribution < 1.29 is 33.4 Å². The maximum atomic E-state index is 11.3. The summed E-state index contributed by atoms with van der Waals surface area (Å²) in [7, 11) is 0. The highest BCUT2D eigenvalue weighted by Crippen LogP contribution is 2.13. The van der Waals surface area contributed by atoms with Gasteiger partial charge in [-0.25, -0.2) is 0 Å². The first-order chi connectivity index (χ1) is 12.6. The van der Waals surface area contributed by atoms with Crippen molar-refractivity contribution in [3.05, 3.63) is 12.7 Å². The number of Topliss-reactive ketones (excluding diaryl/α,β-unsaturated/α-hetero) is 3. The molecule has 0 N–H and O–H groups in total. The standard InChI is InChI=1S/C10H16O4.C10H16O3/c1-4-14-10(13)9(5-7(2)11)6-8(3)12;1-4-6-9(7-8(3)11)10(12)13-5-2/h9H,4-6H2,1-3H3;4,9H,1,5-7H2,2-3H3. The predicted molar refractivity (Wildman–Crippen MR) is 101 cm³/mol. The second-order valence-electron chi connectivity index (χ2n) is 6.14. The van der Waals surface area contributed by atoms with Crippen LogP contribution >= 0.6 is 0 Å². The molecule has 0 bridgehead atoms. The van der Waals surface area contributed by atoms with Crippen molar-refractivity contribution in [2.24, 2.45) is 11.8 Å². The average molecular weight is 384 g/mol. The van der Waals surface area contributed by atoms with Crippen LogP contribution in [0.5, 0.6) is 0 Å². The summed E-state index contributed by atoms with van der Waals surface area (Å²) in [4.78, 5) is 55.0. The molecule has 0 aliphatic heterocycles. The number of allylic oxidation sites excluding steroid dienone is 1. The number of esters is 2. The fraction of sp³-hybridized carbons (Fsp3) is 0.650. The molecule has 0 rings (SSSR count). The highest BCUT2D eigenvalue weighted by Gasteiger charge is 2.23. The molecule has 1 unspecified atom stereocenters. The SMILES string of the molecule is C=CCC(CC(C)=O)C(=O)OCC.CCOC(=O)C(CC(C)=O)CC(C)=O. The van der Waals surface area contributed by atoms with E-state index in [2.05, 4.69) is 6.58 Å². The fourth-order valence-electron chi connectivity index (χ4n) is 2.26. The number of hydrogen-bond donors (Lipinski definition) is 0. The topological polar surface area (TPSA) is 104 Å². The molecule has 0 saturated heterocycles. The van der Waals surface area contributed by atoms with Crippen LogP contribution in [0.15, 0.2) is 12.7 Å². The van der Waals surface area contributed by atoms with Gasteiger partial charge in [0.25, 0.3) is 0 Å². The molecule has 27 heavy (non-hydrogen) atoms. The van der Waals surface area contributed by atoms with Gasteiger partial charge in [-0.15, -0.1) is 6.58 Å². The van der Waals surface area contributed by atoms with Crippen molar-refractivity contribution in [1.82, 2.24) is 0 Å². The highest BCUT2D eigenvalue weighted by molar-refractivity contribution is 5.87. The van der Waals surface area contributed by atoms with Crippen molar-refractivity contribution in [1.29, 1.82) is 0 Å². The van der Waals surface area contributed by atoms with Crippen LogP contribution in [0.2, 0.25) is 0 Å². The average Bonchev–Trinajstić information content (AvgIpc) is 2.53. The Morgan fingerprint density at radius 3 is 1.37 bits per heavy atom. The minimum Gasteiger partial charge on any atom is -0.466 e. The second kappa shape index (κ2) is 15.9. The Labute approximate surface area is 161 Å². The van der Waals surface area contributed by atoms with Crippen LogP contribution < -0.4 is 0 Å². The summed E-state index contributed by atoms with van der Waals surface area (Å²) in [5.74, 6) is -1.94. The summed E-state index contributed by atoms with van der Waals surface area (Å²) >= 11 is 0. The molecule has 0 heterocycles. The third-order valence-corrected chi connectivity index (χ3v) is 3.29. The smallest absolute Gasteiger partial charge is 0.309 e. The Kier molecular flexibility index (Phi) is 15.9. The molecule has 0 aromatic heterocycles. The van der Waals surface area contributed by atoms with E-state index in [1.807, 2.05) is 0 Å². The van der Waals surface area contributed by atoms with E-state index in [1.165, 1.54) is 20.8 Å². The van der Waals surface area contributed by atoms with Gasteiger partial charge in [0.2, 0.25) is 0 Å². The number of carbonyl (C=O) groups excluding carboxylic acids is 5. The summed E-state index contributed by atoms with van der Waals surface area (Å²) < 4.78 is 9.58. The number of ether oxygens (including phenoxy) is 2. The van der Waals surface area contributed by atoms with Gasteiger partial charge in [-0.3, -0.25) is 9.59 Å².